The maximum absolute atomic E-state index is 12.3. The number of rotatable bonds is 5. The predicted molar refractivity (Wildman–Crippen MR) is 76.6 cm³/mol. The van der Waals surface area contributed by atoms with Gasteiger partial charge in [0.15, 0.2) is 5.00 Å². The number of nitro groups is 1. The lowest BCUT2D eigenvalue weighted by molar-refractivity contribution is -0.383. The third-order valence-corrected chi connectivity index (χ3v) is 6.62. The second-order valence-corrected chi connectivity index (χ2v) is 8.29. The Kier molecular flexibility index (Phi) is 3.64. The second kappa shape index (κ2) is 5.20. The molecule has 3 N–H and O–H groups in total. The van der Waals surface area contributed by atoms with Crippen LogP contribution < -0.4 is 10.5 Å². The summed E-state index contributed by atoms with van der Waals surface area (Å²) in [5, 5.41) is 10.6. The summed E-state index contributed by atoms with van der Waals surface area (Å²) in [5.74, 6) is 0.419. The molecule has 2 fully saturated rings. The zero-order valence-electron chi connectivity index (χ0n) is 11.0. The topological polar surface area (TPSA) is 125 Å². The van der Waals surface area contributed by atoms with E-state index in [1.807, 2.05) is 0 Å². The summed E-state index contributed by atoms with van der Waals surface area (Å²) in [6, 6.07) is 0.731. The van der Waals surface area contributed by atoms with Crippen LogP contribution in [0.15, 0.2) is 10.3 Å². The van der Waals surface area contributed by atoms with Gasteiger partial charge in [0.1, 0.15) is 4.21 Å². The van der Waals surface area contributed by atoms with Crippen molar-refractivity contribution in [2.24, 2.45) is 5.92 Å². The lowest BCUT2D eigenvalue weighted by Crippen LogP contribution is -2.41. The van der Waals surface area contributed by atoms with Crippen LogP contribution in [0.25, 0.3) is 0 Å². The summed E-state index contributed by atoms with van der Waals surface area (Å²) in [4.78, 5) is 10.1. The first-order valence-electron chi connectivity index (χ1n) is 6.56. The van der Waals surface area contributed by atoms with Crippen LogP contribution in [-0.4, -0.2) is 32.1 Å². The van der Waals surface area contributed by atoms with Gasteiger partial charge >= 0.3 is 5.69 Å². The molecule has 0 amide bonds. The molecule has 0 radical (unpaired) electrons. The van der Waals surface area contributed by atoms with Crippen molar-refractivity contribution < 1.29 is 18.1 Å². The van der Waals surface area contributed by atoms with Crippen molar-refractivity contribution in [1.29, 1.82) is 0 Å². The third-order valence-electron chi connectivity index (χ3n) is 3.71. The Hall–Kier alpha value is -1.23. The molecule has 0 aromatic carbocycles. The van der Waals surface area contributed by atoms with E-state index in [4.69, 9.17) is 10.5 Å². The fourth-order valence-electron chi connectivity index (χ4n) is 2.53. The van der Waals surface area contributed by atoms with E-state index in [2.05, 4.69) is 4.72 Å². The molecule has 1 aromatic rings. The van der Waals surface area contributed by atoms with E-state index in [9.17, 15) is 18.5 Å². The van der Waals surface area contributed by atoms with E-state index in [0.29, 0.717) is 30.3 Å². The summed E-state index contributed by atoms with van der Waals surface area (Å²) >= 11 is 0.703. The first-order chi connectivity index (χ1) is 9.88. The average Bonchev–Trinajstić information content (AvgIpc) is 3.00. The lowest BCUT2D eigenvalue weighted by atomic mass is 10.1. The van der Waals surface area contributed by atoms with E-state index in [-0.39, 0.29) is 27.0 Å². The summed E-state index contributed by atoms with van der Waals surface area (Å²) < 4.78 is 32.7. The van der Waals surface area contributed by atoms with Gasteiger partial charge in [-0.2, -0.15) is 0 Å². The van der Waals surface area contributed by atoms with Gasteiger partial charge in [0.2, 0.25) is 0 Å². The minimum Gasteiger partial charge on any atom is -0.385 e. The normalized spacial score (nSPS) is 26.1. The maximum Gasteiger partial charge on any atom is 0.304 e. The van der Waals surface area contributed by atoms with Crippen molar-refractivity contribution in [3.63, 3.8) is 0 Å². The molecule has 3 rings (SSSR count). The highest BCUT2D eigenvalue weighted by Crippen LogP contribution is 2.40. The first-order valence-corrected chi connectivity index (χ1v) is 8.86. The van der Waals surface area contributed by atoms with Gasteiger partial charge in [-0.25, -0.2) is 13.1 Å². The molecule has 2 heterocycles. The number of anilines is 1. The monoisotopic (exact) mass is 333 g/mol. The zero-order chi connectivity index (χ0) is 15.2. The Morgan fingerprint density at radius 3 is 2.71 bits per heavy atom. The van der Waals surface area contributed by atoms with Crippen molar-refractivity contribution in [1.82, 2.24) is 4.72 Å². The summed E-state index contributed by atoms with van der Waals surface area (Å²) in [6.07, 6.45) is 2.64. The van der Waals surface area contributed by atoms with Crippen molar-refractivity contribution >= 4 is 32.0 Å². The Bertz CT molecular complexity index is 667. The Morgan fingerprint density at radius 1 is 1.43 bits per heavy atom. The van der Waals surface area contributed by atoms with Gasteiger partial charge in [-0.1, -0.05) is 11.3 Å². The standard InChI is InChI=1S/C11H15N3O5S2/c12-11-8(14(15)16)5-9(20-11)21(17,18)13-7-3-4-19-10(7)6-1-2-6/h5-7,10,13H,1-4,12H2. The largest absolute Gasteiger partial charge is 0.385 e. The number of ether oxygens (including phenoxy) is 1. The Morgan fingerprint density at radius 2 is 2.14 bits per heavy atom. The van der Waals surface area contributed by atoms with Gasteiger partial charge in [0.05, 0.1) is 17.1 Å². The summed E-state index contributed by atoms with van der Waals surface area (Å²) in [7, 11) is -3.81. The number of hydrogen-bond donors (Lipinski definition) is 2. The molecule has 2 aliphatic rings. The molecule has 10 heteroatoms. The lowest BCUT2D eigenvalue weighted by Gasteiger charge is -2.18. The van der Waals surface area contributed by atoms with Gasteiger partial charge in [-0.3, -0.25) is 10.1 Å². The molecule has 8 nitrogen and oxygen atoms in total. The highest BCUT2D eigenvalue weighted by molar-refractivity contribution is 7.91. The van der Waals surface area contributed by atoms with E-state index >= 15 is 0 Å². The van der Waals surface area contributed by atoms with Crippen molar-refractivity contribution in [2.75, 3.05) is 12.3 Å². The second-order valence-electron chi connectivity index (χ2n) is 5.26. The number of nitrogens with zero attached hydrogens (tertiary/aromatic N) is 1. The van der Waals surface area contributed by atoms with Gasteiger partial charge in [0, 0.05) is 12.7 Å². The number of hydrogen-bond acceptors (Lipinski definition) is 7. The molecular formula is C11H15N3O5S2. The highest BCUT2D eigenvalue weighted by atomic mass is 32.2. The van der Waals surface area contributed by atoms with Crippen molar-refractivity contribution in [2.45, 2.75) is 35.6 Å². The number of nitrogen functional groups attached to an aromatic ring is 1. The van der Waals surface area contributed by atoms with Crippen LogP contribution in [0.1, 0.15) is 19.3 Å². The molecule has 1 aliphatic heterocycles. The molecule has 2 unspecified atom stereocenters. The third kappa shape index (κ3) is 2.89. The fraction of sp³-hybridized carbons (Fsp3) is 0.636. The molecule has 0 spiro atoms. The summed E-state index contributed by atoms with van der Waals surface area (Å²) in [6.45, 7) is 0.529. The molecule has 0 bridgehead atoms. The Labute approximate surface area is 125 Å². The quantitative estimate of drug-likeness (QED) is 0.614. The van der Waals surface area contributed by atoms with E-state index in [1.54, 1.807) is 0 Å². The highest BCUT2D eigenvalue weighted by Gasteiger charge is 2.42. The first kappa shape index (κ1) is 14.7. The van der Waals surface area contributed by atoms with Gasteiger partial charge in [0.25, 0.3) is 10.0 Å². The van der Waals surface area contributed by atoms with E-state index in [1.165, 1.54) is 0 Å². The molecule has 21 heavy (non-hydrogen) atoms. The maximum atomic E-state index is 12.3. The van der Waals surface area contributed by atoms with Crippen LogP contribution in [0.4, 0.5) is 10.7 Å². The van der Waals surface area contributed by atoms with Gasteiger partial charge in [-0.05, 0) is 25.2 Å². The molecule has 1 saturated heterocycles. The number of nitrogens with two attached hydrogens (primary N) is 1. The Balaban J connectivity index is 1.80. The minimum atomic E-state index is -3.81. The molecule has 116 valence electrons. The smallest absolute Gasteiger partial charge is 0.304 e. The van der Waals surface area contributed by atoms with Gasteiger partial charge in [-0.15, -0.1) is 0 Å². The van der Waals surface area contributed by atoms with Crippen LogP contribution in [-0.2, 0) is 14.8 Å². The predicted octanol–water partition coefficient (Wildman–Crippen LogP) is 1.08. The van der Waals surface area contributed by atoms with Crippen LogP contribution in [0.5, 0.6) is 0 Å². The van der Waals surface area contributed by atoms with Crippen LogP contribution in [0.2, 0.25) is 0 Å². The molecular weight excluding hydrogens is 318 g/mol. The van der Waals surface area contributed by atoms with Crippen LogP contribution in [0.3, 0.4) is 0 Å². The number of nitrogens with one attached hydrogen (secondary N) is 1. The molecule has 1 saturated carbocycles. The number of thiophene rings is 1. The number of sulfonamides is 1. The summed E-state index contributed by atoms with van der Waals surface area (Å²) in [5.41, 5.74) is 5.12. The minimum absolute atomic E-state index is 0.0907. The fourth-order valence-corrected chi connectivity index (χ4v) is 5.04. The van der Waals surface area contributed by atoms with Crippen LogP contribution >= 0.6 is 11.3 Å². The zero-order valence-corrected chi connectivity index (χ0v) is 12.7. The molecule has 1 aliphatic carbocycles. The van der Waals surface area contributed by atoms with Crippen molar-refractivity contribution in [3.8, 4) is 0 Å². The van der Waals surface area contributed by atoms with E-state index < -0.39 is 14.9 Å². The SMILES string of the molecule is Nc1sc(S(=O)(=O)NC2CCOC2C2CC2)cc1[N+](=O)[O-]. The molecule has 1 aromatic heterocycles. The van der Waals surface area contributed by atoms with E-state index in [0.717, 1.165) is 18.9 Å². The van der Waals surface area contributed by atoms with Gasteiger partial charge < -0.3 is 10.5 Å². The van der Waals surface area contributed by atoms with Crippen molar-refractivity contribution in [3.05, 3.63) is 16.2 Å². The average molecular weight is 333 g/mol. The molecule has 2 atom stereocenters. The van der Waals surface area contributed by atoms with Crippen LogP contribution in [0, 0.1) is 16.0 Å².